The summed E-state index contributed by atoms with van der Waals surface area (Å²) in [4.78, 5) is 4.55. The van der Waals surface area contributed by atoms with E-state index in [9.17, 15) is 8.42 Å². The Hall–Kier alpha value is -3.78. The summed E-state index contributed by atoms with van der Waals surface area (Å²) in [7, 11) is -0.713. The standard InChI is InChI=1S/C26H26N2O5S/c1-18-8-7-9-20(16-18)24-28-26(34(29,30)21-10-5-4-6-11-21)25(33-24)27-15-14-19-12-13-22(31-2)23(17-19)32-3/h4-13,16-17,27H,14-15H2,1-3H3. The number of rotatable bonds is 9. The number of nitrogens with zero attached hydrogens (tertiary/aromatic N) is 1. The van der Waals surface area contributed by atoms with Crippen molar-refractivity contribution in [2.45, 2.75) is 23.3 Å². The number of aryl methyl sites for hydroxylation is 1. The third-order valence-electron chi connectivity index (χ3n) is 5.32. The molecule has 8 heteroatoms. The van der Waals surface area contributed by atoms with Gasteiger partial charge in [0.05, 0.1) is 19.1 Å². The van der Waals surface area contributed by atoms with Crippen molar-refractivity contribution < 1.29 is 22.3 Å². The summed E-state index contributed by atoms with van der Waals surface area (Å²) in [6.45, 7) is 2.38. The summed E-state index contributed by atoms with van der Waals surface area (Å²) < 4.78 is 43.3. The molecule has 1 heterocycles. The Morgan fingerprint density at radius 2 is 1.68 bits per heavy atom. The summed E-state index contributed by atoms with van der Waals surface area (Å²) in [5, 5.41) is 2.99. The van der Waals surface area contributed by atoms with E-state index < -0.39 is 9.84 Å². The van der Waals surface area contributed by atoms with Crippen LogP contribution in [0.15, 0.2) is 87.1 Å². The van der Waals surface area contributed by atoms with Gasteiger partial charge in [-0.05, 0) is 55.3 Å². The fourth-order valence-corrected chi connectivity index (χ4v) is 4.87. The summed E-state index contributed by atoms with van der Waals surface area (Å²) in [6.07, 6.45) is 0.603. The largest absolute Gasteiger partial charge is 0.493 e. The first kappa shape index (κ1) is 23.4. The predicted molar refractivity (Wildman–Crippen MR) is 130 cm³/mol. The zero-order chi connectivity index (χ0) is 24.1. The van der Waals surface area contributed by atoms with E-state index in [1.54, 1.807) is 44.6 Å². The molecular weight excluding hydrogens is 452 g/mol. The van der Waals surface area contributed by atoms with Gasteiger partial charge in [-0.1, -0.05) is 42.0 Å². The fraction of sp³-hybridized carbons (Fsp3) is 0.192. The van der Waals surface area contributed by atoms with Gasteiger partial charge in [0, 0.05) is 12.1 Å². The van der Waals surface area contributed by atoms with Crippen LogP contribution in [0.25, 0.3) is 11.5 Å². The molecule has 0 radical (unpaired) electrons. The molecule has 0 atom stereocenters. The molecule has 0 saturated heterocycles. The SMILES string of the molecule is COc1ccc(CCNc2oc(-c3cccc(C)c3)nc2S(=O)(=O)c2ccccc2)cc1OC. The quantitative estimate of drug-likeness (QED) is 0.356. The number of methoxy groups -OCH3 is 2. The van der Waals surface area contributed by atoms with E-state index in [4.69, 9.17) is 13.9 Å². The van der Waals surface area contributed by atoms with E-state index in [-0.39, 0.29) is 21.7 Å². The highest BCUT2D eigenvalue weighted by atomic mass is 32.2. The highest BCUT2D eigenvalue weighted by molar-refractivity contribution is 7.91. The number of oxazole rings is 1. The molecule has 4 aromatic rings. The van der Waals surface area contributed by atoms with Gasteiger partial charge in [0.15, 0.2) is 11.5 Å². The van der Waals surface area contributed by atoms with E-state index in [1.807, 2.05) is 49.4 Å². The lowest BCUT2D eigenvalue weighted by Gasteiger charge is -2.10. The van der Waals surface area contributed by atoms with Crippen LogP contribution >= 0.6 is 0 Å². The number of sulfone groups is 1. The molecule has 0 amide bonds. The molecule has 0 aliphatic carbocycles. The maximum absolute atomic E-state index is 13.4. The van der Waals surface area contributed by atoms with Gasteiger partial charge < -0.3 is 19.2 Å². The first-order valence-electron chi connectivity index (χ1n) is 10.7. The molecule has 0 aliphatic rings. The van der Waals surface area contributed by atoms with Gasteiger partial charge in [0.25, 0.3) is 0 Å². The van der Waals surface area contributed by atoms with Gasteiger partial charge in [0.2, 0.25) is 26.6 Å². The molecule has 1 N–H and O–H groups in total. The van der Waals surface area contributed by atoms with Crippen molar-refractivity contribution in [3.63, 3.8) is 0 Å². The molecule has 34 heavy (non-hydrogen) atoms. The van der Waals surface area contributed by atoms with Crippen molar-refractivity contribution >= 4 is 15.7 Å². The number of ether oxygens (including phenoxy) is 2. The van der Waals surface area contributed by atoms with Crippen molar-refractivity contribution in [2.24, 2.45) is 0 Å². The molecule has 176 valence electrons. The third-order valence-corrected chi connectivity index (χ3v) is 6.99. The monoisotopic (exact) mass is 478 g/mol. The summed E-state index contributed by atoms with van der Waals surface area (Å²) in [6, 6.07) is 21.4. The van der Waals surface area contributed by atoms with E-state index in [1.165, 1.54) is 0 Å². The Bertz CT molecular complexity index is 1380. The number of hydrogen-bond donors (Lipinski definition) is 1. The fourth-order valence-electron chi connectivity index (χ4n) is 3.57. The van der Waals surface area contributed by atoms with Crippen molar-refractivity contribution in [1.29, 1.82) is 0 Å². The van der Waals surface area contributed by atoms with Gasteiger partial charge in [-0.3, -0.25) is 0 Å². The van der Waals surface area contributed by atoms with Gasteiger partial charge in [-0.2, -0.15) is 4.98 Å². The summed E-state index contributed by atoms with van der Waals surface area (Å²) >= 11 is 0. The molecule has 0 spiro atoms. The van der Waals surface area contributed by atoms with Gasteiger partial charge in [0.1, 0.15) is 0 Å². The van der Waals surface area contributed by atoms with Gasteiger partial charge in [-0.25, -0.2) is 8.42 Å². The van der Waals surface area contributed by atoms with Crippen LogP contribution in [0.3, 0.4) is 0 Å². The Balaban J connectivity index is 1.64. The molecule has 7 nitrogen and oxygen atoms in total. The highest BCUT2D eigenvalue weighted by Crippen LogP contribution is 2.33. The zero-order valence-corrected chi connectivity index (χ0v) is 20.1. The minimum Gasteiger partial charge on any atom is -0.493 e. The lowest BCUT2D eigenvalue weighted by molar-refractivity contribution is 0.354. The number of benzene rings is 3. The van der Waals surface area contributed by atoms with Crippen molar-refractivity contribution in [3.8, 4) is 23.0 Å². The van der Waals surface area contributed by atoms with Crippen LogP contribution in [0.2, 0.25) is 0 Å². The number of nitrogens with one attached hydrogen (secondary N) is 1. The van der Waals surface area contributed by atoms with E-state index in [2.05, 4.69) is 10.3 Å². The van der Waals surface area contributed by atoms with Crippen LogP contribution in [0.4, 0.5) is 5.88 Å². The average molecular weight is 479 g/mol. The zero-order valence-electron chi connectivity index (χ0n) is 19.2. The maximum Gasteiger partial charge on any atom is 0.233 e. The van der Waals surface area contributed by atoms with Crippen molar-refractivity contribution in [3.05, 3.63) is 83.9 Å². The van der Waals surface area contributed by atoms with Crippen LogP contribution < -0.4 is 14.8 Å². The normalized spacial score (nSPS) is 11.3. The van der Waals surface area contributed by atoms with Crippen LogP contribution in [0, 0.1) is 6.92 Å². The number of hydrogen-bond acceptors (Lipinski definition) is 7. The molecule has 3 aromatic carbocycles. The smallest absolute Gasteiger partial charge is 0.233 e. The summed E-state index contributed by atoms with van der Waals surface area (Å²) in [5.41, 5.74) is 2.72. The van der Waals surface area contributed by atoms with Crippen LogP contribution in [0.5, 0.6) is 11.5 Å². The topological polar surface area (TPSA) is 90.7 Å². The minimum absolute atomic E-state index is 0.112. The van der Waals surface area contributed by atoms with Gasteiger partial charge in [-0.15, -0.1) is 0 Å². The molecular formula is C26H26N2O5S. The lowest BCUT2D eigenvalue weighted by atomic mass is 10.1. The third kappa shape index (κ3) is 4.92. The van der Waals surface area contributed by atoms with Crippen LogP contribution in [-0.4, -0.2) is 34.2 Å². The molecule has 0 bridgehead atoms. The van der Waals surface area contributed by atoms with E-state index >= 15 is 0 Å². The molecule has 1 aromatic heterocycles. The maximum atomic E-state index is 13.4. The molecule has 0 unspecified atom stereocenters. The van der Waals surface area contributed by atoms with Crippen molar-refractivity contribution in [1.82, 2.24) is 4.98 Å². The Morgan fingerprint density at radius 3 is 2.38 bits per heavy atom. The second kappa shape index (κ2) is 10.0. The van der Waals surface area contributed by atoms with Crippen LogP contribution in [-0.2, 0) is 16.3 Å². The first-order valence-corrected chi connectivity index (χ1v) is 12.2. The Kier molecular flexibility index (Phi) is 6.88. The highest BCUT2D eigenvalue weighted by Gasteiger charge is 2.28. The lowest BCUT2D eigenvalue weighted by Crippen LogP contribution is -2.10. The number of anilines is 1. The van der Waals surface area contributed by atoms with Crippen molar-refractivity contribution in [2.75, 3.05) is 26.1 Å². The molecule has 0 fully saturated rings. The minimum atomic E-state index is -3.89. The second-order valence-corrected chi connectivity index (χ2v) is 9.57. The van der Waals surface area contributed by atoms with Gasteiger partial charge >= 0.3 is 0 Å². The van der Waals surface area contributed by atoms with Crippen LogP contribution in [0.1, 0.15) is 11.1 Å². The first-order chi connectivity index (χ1) is 16.4. The molecule has 0 saturated carbocycles. The molecule has 0 aliphatic heterocycles. The summed E-state index contributed by atoms with van der Waals surface area (Å²) in [5.74, 6) is 1.63. The Labute approximate surface area is 199 Å². The average Bonchev–Trinajstić information content (AvgIpc) is 3.29. The van der Waals surface area contributed by atoms with E-state index in [0.717, 1.165) is 11.1 Å². The predicted octanol–water partition coefficient (Wildman–Crippen LogP) is 5.15. The van der Waals surface area contributed by atoms with E-state index in [0.29, 0.717) is 30.0 Å². The number of aromatic nitrogens is 1. The second-order valence-electron chi connectivity index (χ2n) is 7.71. The Morgan fingerprint density at radius 1 is 0.912 bits per heavy atom. The molecule has 4 rings (SSSR count).